The summed E-state index contributed by atoms with van der Waals surface area (Å²) in [7, 11) is 0. The number of fused-ring (bicyclic) bond motifs is 2. The number of amides is 1. The molecule has 1 amide bonds. The van der Waals surface area contributed by atoms with Gasteiger partial charge in [0.25, 0.3) is 5.91 Å². The summed E-state index contributed by atoms with van der Waals surface area (Å²) in [6.45, 7) is 1.31. The van der Waals surface area contributed by atoms with Crippen molar-refractivity contribution in [3.63, 3.8) is 0 Å². The summed E-state index contributed by atoms with van der Waals surface area (Å²) >= 11 is 0. The average molecular weight is 332 g/mol. The van der Waals surface area contributed by atoms with Gasteiger partial charge in [-0.2, -0.15) is 0 Å². The van der Waals surface area contributed by atoms with Crippen molar-refractivity contribution in [1.82, 2.24) is 9.88 Å². The first-order valence-electron chi connectivity index (χ1n) is 8.08. The van der Waals surface area contributed by atoms with Gasteiger partial charge in [-0.25, -0.2) is 0 Å². The number of Topliss-reactive ketones (excluding diaryl/α,β-unsaturated/α-hetero) is 1. The number of allylic oxidation sites excluding steroid dienone is 1. The van der Waals surface area contributed by atoms with Gasteiger partial charge in [-0.05, 0) is 31.9 Å². The summed E-state index contributed by atoms with van der Waals surface area (Å²) in [6, 6.07) is 2.19. The molecule has 3 rings (SSSR count). The molecule has 1 spiro atoms. The first kappa shape index (κ1) is 16.3. The molecule has 0 radical (unpaired) electrons. The van der Waals surface area contributed by atoms with E-state index in [-0.39, 0.29) is 11.3 Å². The van der Waals surface area contributed by atoms with Gasteiger partial charge in [0, 0.05) is 6.20 Å². The molecule has 3 N–H and O–H groups in total. The van der Waals surface area contributed by atoms with Gasteiger partial charge in [-0.3, -0.25) is 14.4 Å². The van der Waals surface area contributed by atoms with Gasteiger partial charge < -0.3 is 20.1 Å². The van der Waals surface area contributed by atoms with Gasteiger partial charge in [0.1, 0.15) is 22.9 Å². The van der Waals surface area contributed by atoms with Crippen LogP contribution in [-0.4, -0.2) is 38.5 Å². The highest BCUT2D eigenvalue weighted by molar-refractivity contribution is 6.26. The topological polar surface area (TPSA) is 109 Å². The molecule has 0 saturated heterocycles. The largest absolute Gasteiger partial charge is 0.509 e. The smallest absolute Gasteiger partial charge is 0.325 e. The fraction of sp³-hybridized carbons (Fsp3) is 0.471. The van der Waals surface area contributed by atoms with Crippen molar-refractivity contribution in [3.05, 3.63) is 35.4 Å². The van der Waals surface area contributed by atoms with Crippen LogP contribution in [0.4, 0.5) is 0 Å². The quantitative estimate of drug-likeness (QED) is 0.731. The number of aliphatic hydroxyl groups is 1. The van der Waals surface area contributed by atoms with E-state index in [2.05, 4.69) is 5.32 Å². The van der Waals surface area contributed by atoms with Crippen molar-refractivity contribution in [2.75, 3.05) is 0 Å². The van der Waals surface area contributed by atoms with E-state index in [1.807, 2.05) is 0 Å². The number of nitrogens with zero attached hydrogens (tertiary/aromatic N) is 1. The second-order valence-electron chi connectivity index (χ2n) is 6.44. The highest BCUT2D eigenvalue weighted by Gasteiger charge is 2.47. The predicted octanol–water partition coefficient (Wildman–Crippen LogP) is 1.75. The fourth-order valence-corrected chi connectivity index (χ4v) is 3.68. The summed E-state index contributed by atoms with van der Waals surface area (Å²) in [5, 5.41) is 22.0. The predicted molar refractivity (Wildman–Crippen MR) is 84.7 cm³/mol. The summed E-state index contributed by atoms with van der Waals surface area (Å²) in [4.78, 5) is 36.1. The first-order valence-corrected chi connectivity index (χ1v) is 8.08. The Kier molecular flexibility index (Phi) is 3.95. The van der Waals surface area contributed by atoms with Crippen molar-refractivity contribution >= 4 is 17.7 Å². The van der Waals surface area contributed by atoms with Crippen LogP contribution >= 0.6 is 0 Å². The molecule has 1 aliphatic carbocycles. The standard InChI is InChI=1S/C17H20N2O5/c1-10(16(23)24)18-15(22)12-13(20)11-6-5-9-19(11)17(14(12)21)7-3-2-4-8-17/h5-6,9-10,21H,2-4,7-8H2,1H3,(H,18,22)(H,23,24)/t10-/m0/s1. The van der Waals surface area contributed by atoms with Crippen LogP contribution in [0.2, 0.25) is 0 Å². The van der Waals surface area contributed by atoms with Crippen molar-refractivity contribution in [2.45, 2.75) is 50.6 Å². The van der Waals surface area contributed by atoms with Crippen LogP contribution in [0.3, 0.4) is 0 Å². The Morgan fingerprint density at radius 1 is 1.29 bits per heavy atom. The van der Waals surface area contributed by atoms with E-state index in [0.29, 0.717) is 18.5 Å². The number of hydrogen-bond donors (Lipinski definition) is 3. The number of nitrogens with one attached hydrogen (secondary N) is 1. The van der Waals surface area contributed by atoms with E-state index in [1.165, 1.54) is 6.92 Å². The SMILES string of the molecule is C[C@H](NC(=O)C1=C(O)C2(CCCCC2)n2cccc2C1=O)C(=O)O. The molecule has 24 heavy (non-hydrogen) atoms. The second kappa shape index (κ2) is 5.81. The monoisotopic (exact) mass is 332 g/mol. The molecule has 1 atom stereocenters. The van der Waals surface area contributed by atoms with Gasteiger partial charge in [0.05, 0.1) is 5.69 Å². The lowest BCUT2D eigenvalue weighted by Crippen LogP contribution is -2.48. The molecule has 7 heteroatoms. The minimum atomic E-state index is -1.21. The molecule has 0 unspecified atom stereocenters. The molecule has 1 fully saturated rings. The number of aromatic nitrogens is 1. The zero-order chi connectivity index (χ0) is 17.5. The number of ketones is 1. The zero-order valence-electron chi connectivity index (χ0n) is 13.4. The van der Waals surface area contributed by atoms with Gasteiger partial charge in [-0.15, -0.1) is 0 Å². The molecule has 2 aliphatic rings. The van der Waals surface area contributed by atoms with Crippen LogP contribution in [0, 0.1) is 0 Å². The van der Waals surface area contributed by atoms with Crippen LogP contribution in [-0.2, 0) is 15.1 Å². The van der Waals surface area contributed by atoms with Crippen molar-refractivity contribution in [3.8, 4) is 0 Å². The van der Waals surface area contributed by atoms with Gasteiger partial charge >= 0.3 is 5.97 Å². The summed E-state index contributed by atoms with van der Waals surface area (Å²) in [5.41, 5.74) is -0.775. The summed E-state index contributed by atoms with van der Waals surface area (Å²) < 4.78 is 1.77. The van der Waals surface area contributed by atoms with Crippen LogP contribution in [0.5, 0.6) is 0 Å². The van der Waals surface area contributed by atoms with Gasteiger partial charge in [0.2, 0.25) is 5.78 Å². The summed E-state index contributed by atoms with van der Waals surface area (Å²) in [5.74, 6) is -2.87. The molecule has 128 valence electrons. The van der Waals surface area contributed by atoms with E-state index in [4.69, 9.17) is 5.11 Å². The highest BCUT2D eigenvalue weighted by Crippen LogP contribution is 2.45. The van der Waals surface area contributed by atoms with E-state index in [1.54, 1.807) is 22.9 Å². The van der Waals surface area contributed by atoms with E-state index < -0.39 is 29.2 Å². The Morgan fingerprint density at radius 2 is 1.96 bits per heavy atom. The maximum Gasteiger partial charge on any atom is 0.325 e. The normalized spacial score (nSPS) is 20.6. The number of carbonyl (C=O) groups is 3. The number of aliphatic hydroxyl groups excluding tert-OH is 1. The third kappa shape index (κ3) is 2.31. The average Bonchev–Trinajstić information content (AvgIpc) is 3.05. The fourth-order valence-electron chi connectivity index (χ4n) is 3.68. The first-order chi connectivity index (χ1) is 11.4. The molecule has 1 aromatic rings. The molecule has 0 aromatic carbocycles. The Bertz CT molecular complexity index is 740. The van der Waals surface area contributed by atoms with E-state index in [0.717, 1.165) is 19.3 Å². The number of carboxylic acids is 1. The molecular formula is C17H20N2O5. The maximum atomic E-state index is 12.7. The van der Waals surface area contributed by atoms with Crippen molar-refractivity contribution < 1.29 is 24.6 Å². The van der Waals surface area contributed by atoms with Crippen molar-refractivity contribution in [1.29, 1.82) is 0 Å². The number of aliphatic carboxylic acids is 1. The second-order valence-corrected chi connectivity index (χ2v) is 6.44. The van der Waals surface area contributed by atoms with E-state index >= 15 is 0 Å². The van der Waals surface area contributed by atoms with Crippen LogP contribution in [0.25, 0.3) is 0 Å². The molecule has 7 nitrogen and oxygen atoms in total. The molecule has 0 bridgehead atoms. The third-order valence-electron chi connectivity index (χ3n) is 4.97. The molecule has 1 aliphatic heterocycles. The van der Waals surface area contributed by atoms with Crippen LogP contribution in [0.1, 0.15) is 49.5 Å². The molecule has 2 heterocycles. The minimum Gasteiger partial charge on any atom is -0.509 e. The Morgan fingerprint density at radius 3 is 2.58 bits per heavy atom. The number of hydrogen-bond acceptors (Lipinski definition) is 4. The summed E-state index contributed by atoms with van der Waals surface area (Å²) in [6.07, 6.45) is 5.84. The highest BCUT2D eigenvalue weighted by atomic mass is 16.4. The van der Waals surface area contributed by atoms with Crippen LogP contribution in [0.15, 0.2) is 29.7 Å². The molecule has 1 aromatic heterocycles. The maximum absolute atomic E-state index is 12.7. The van der Waals surface area contributed by atoms with Gasteiger partial charge in [0.15, 0.2) is 0 Å². The van der Waals surface area contributed by atoms with E-state index in [9.17, 15) is 19.5 Å². The Hall–Kier alpha value is -2.57. The minimum absolute atomic E-state index is 0.244. The lowest BCUT2D eigenvalue weighted by molar-refractivity contribution is -0.140. The van der Waals surface area contributed by atoms with Crippen molar-refractivity contribution in [2.24, 2.45) is 0 Å². The number of carboxylic acid groups (broad SMARTS) is 1. The Labute approximate surface area is 139 Å². The van der Waals surface area contributed by atoms with Gasteiger partial charge in [-0.1, -0.05) is 19.3 Å². The lowest BCUT2D eigenvalue weighted by atomic mass is 9.75. The third-order valence-corrected chi connectivity index (χ3v) is 4.97. The number of carbonyl (C=O) groups excluding carboxylic acids is 2. The Balaban J connectivity index is 2.07. The molecular weight excluding hydrogens is 312 g/mol. The van der Waals surface area contributed by atoms with Crippen LogP contribution < -0.4 is 5.32 Å². The number of rotatable bonds is 3. The lowest BCUT2D eigenvalue weighted by Gasteiger charge is -2.42. The molecule has 1 saturated carbocycles. The zero-order valence-corrected chi connectivity index (χ0v) is 13.4.